The number of Topliss-reactive ketones (excluding diaryl/α,β-unsaturated/α-hetero) is 1. The van der Waals surface area contributed by atoms with Crippen molar-refractivity contribution in [3.8, 4) is 11.3 Å². The summed E-state index contributed by atoms with van der Waals surface area (Å²) in [7, 11) is 0. The van der Waals surface area contributed by atoms with Crippen LogP contribution in [0.2, 0.25) is 0 Å². The molecule has 0 unspecified atom stereocenters. The summed E-state index contributed by atoms with van der Waals surface area (Å²) in [6.45, 7) is 1.83. The fourth-order valence-corrected chi connectivity index (χ4v) is 2.80. The van der Waals surface area contributed by atoms with E-state index in [1.807, 2.05) is 30.3 Å². The fourth-order valence-electron chi connectivity index (χ4n) is 2.80. The minimum atomic E-state index is -0.200. The first-order valence-corrected chi connectivity index (χ1v) is 9.07. The number of carbonyl (C=O) groups excluding carboxylic acids is 2. The number of hydrogen-bond acceptors (Lipinski definition) is 4. The van der Waals surface area contributed by atoms with Crippen LogP contribution in [0, 0.1) is 0 Å². The molecule has 1 heterocycles. The van der Waals surface area contributed by atoms with Crippen LogP contribution in [0.5, 0.6) is 0 Å². The number of hydrogen-bond donors (Lipinski definition) is 1. The molecule has 0 radical (unpaired) electrons. The maximum Gasteiger partial charge on any atom is 0.266 e. The topological polar surface area (TPSA) is 81.1 Å². The summed E-state index contributed by atoms with van der Waals surface area (Å²) < 4.78 is 1.38. The number of amides is 1. The first-order valence-electron chi connectivity index (χ1n) is 9.07. The van der Waals surface area contributed by atoms with Gasteiger partial charge in [-0.3, -0.25) is 14.4 Å². The Bertz CT molecular complexity index is 1040. The van der Waals surface area contributed by atoms with Gasteiger partial charge in [0.15, 0.2) is 5.78 Å². The van der Waals surface area contributed by atoms with E-state index in [1.165, 1.54) is 17.7 Å². The van der Waals surface area contributed by atoms with Crippen molar-refractivity contribution in [3.05, 3.63) is 82.6 Å². The lowest BCUT2D eigenvalue weighted by molar-refractivity contribution is -0.116. The van der Waals surface area contributed by atoms with Crippen LogP contribution in [0.15, 0.2) is 71.5 Å². The van der Waals surface area contributed by atoms with Crippen molar-refractivity contribution in [3.63, 3.8) is 0 Å². The summed E-state index contributed by atoms with van der Waals surface area (Å²) in [4.78, 5) is 35.6. The molecular formula is C22H21N3O3. The van der Waals surface area contributed by atoms with E-state index >= 15 is 0 Å². The second kappa shape index (κ2) is 8.90. The number of rotatable bonds is 7. The molecule has 1 amide bonds. The average Bonchev–Trinajstić information content (AvgIpc) is 2.70. The summed E-state index contributed by atoms with van der Waals surface area (Å²) in [5.41, 5.74) is 2.57. The molecule has 0 aliphatic carbocycles. The van der Waals surface area contributed by atoms with Crippen molar-refractivity contribution in [2.24, 2.45) is 0 Å². The van der Waals surface area contributed by atoms with E-state index in [0.29, 0.717) is 29.9 Å². The van der Waals surface area contributed by atoms with Crippen molar-refractivity contribution < 1.29 is 9.59 Å². The molecule has 0 aliphatic heterocycles. The molecule has 3 rings (SSSR count). The lowest BCUT2D eigenvalue weighted by Gasteiger charge is -2.08. The van der Waals surface area contributed by atoms with Crippen LogP contribution < -0.4 is 10.9 Å². The number of anilines is 1. The third-order valence-corrected chi connectivity index (χ3v) is 4.26. The molecule has 0 spiro atoms. The van der Waals surface area contributed by atoms with E-state index in [9.17, 15) is 14.4 Å². The molecule has 0 saturated carbocycles. The van der Waals surface area contributed by atoms with E-state index in [4.69, 9.17) is 0 Å². The molecular weight excluding hydrogens is 354 g/mol. The Labute approximate surface area is 162 Å². The van der Waals surface area contributed by atoms with E-state index in [2.05, 4.69) is 10.4 Å². The lowest BCUT2D eigenvalue weighted by Crippen LogP contribution is -2.23. The highest BCUT2D eigenvalue weighted by molar-refractivity contribution is 5.97. The molecule has 1 aromatic heterocycles. The van der Waals surface area contributed by atoms with Gasteiger partial charge in [-0.05, 0) is 31.5 Å². The van der Waals surface area contributed by atoms with Gasteiger partial charge < -0.3 is 5.32 Å². The zero-order valence-corrected chi connectivity index (χ0v) is 15.6. The summed E-state index contributed by atoms with van der Waals surface area (Å²) in [6, 6.07) is 19.6. The molecule has 0 aliphatic rings. The molecule has 6 nitrogen and oxygen atoms in total. The molecule has 1 N–H and O–H groups in total. The van der Waals surface area contributed by atoms with Crippen molar-refractivity contribution in [2.45, 2.75) is 26.3 Å². The molecule has 0 saturated heterocycles. The maximum absolute atomic E-state index is 12.2. The monoisotopic (exact) mass is 375 g/mol. The highest BCUT2D eigenvalue weighted by Gasteiger charge is 2.07. The van der Waals surface area contributed by atoms with Gasteiger partial charge in [-0.2, -0.15) is 5.10 Å². The van der Waals surface area contributed by atoms with Crippen molar-refractivity contribution >= 4 is 17.4 Å². The van der Waals surface area contributed by atoms with Crippen molar-refractivity contribution in [1.82, 2.24) is 9.78 Å². The van der Waals surface area contributed by atoms with Gasteiger partial charge in [0, 0.05) is 35.8 Å². The average molecular weight is 375 g/mol. The molecule has 28 heavy (non-hydrogen) atoms. The second-order valence-electron chi connectivity index (χ2n) is 6.43. The highest BCUT2D eigenvalue weighted by Crippen LogP contribution is 2.14. The first-order chi connectivity index (χ1) is 13.5. The van der Waals surface area contributed by atoms with Crippen LogP contribution in [0.4, 0.5) is 5.69 Å². The number of aromatic nitrogens is 2. The molecule has 0 atom stereocenters. The van der Waals surface area contributed by atoms with Gasteiger partial charge in [-0.15, -0.1) is 0 Å². The fraction of sp³-hybridized carbons (Fsp3) is 0.182. The molecule has 2 aromatic carbocycles. The van der Waals surface area contributed by atoms with Gasteiger partial charge in [-0.25, -0.2) is 4.68 Å². The van der Waals surface area contributed by atoms with Crippen molar-refractivity contribution in [2.75, 3.05) is 5.32 Å². The van der Waals surface area contributed by atoms with Crippen LogP contribution in [-0.2, 0) is 11.3 Å². The van der Waals surface area contributed by atoms with E-state index in [0.717, 1.165) is 5.56 Å². The van der Waals surface area contributed by atoms with Crippen molar-refractivity contribution in [1.29, 1.82) is 0 Å². The summed E-state index contributed by atoms with van der Waals surface area (Å²) in [5.74, 6) is -0.229. The largest absolute Gasteiger partial charge is 0.326 e. The lowest BCUT2D eigenvalue weighted by atomic mass is 10.1. The number of benzene rings is 2. The van der Waals surface area contributed by atoms with Crippen LogP contribution >= 0.6 is 0 Å². The molecule has 3 aromatic rings. The number of ketones is 1. The Balaban J connectivity index is 1.59. The van der Waals surface area contributed by atoms with Crippen LogP contribution in [0.25, 0.3) is 11.3 Å². The summed E-state index contributed by atoms with van der Waals surface area (Å²) in [6.07, 6.45) is 0.720. The minimum Gasteiger partial charge on any atom is -0.326 e. The second-order valence-corrected chi connectivity index (χ2v) is 6.43. The normalized spacial score (nSPS) is 10.5. The van der Waals surface area contributed by atoms with Crippen LogP contribution in [-0.4, -0.2) is 21.5 Å². The quantitative estimate of drug-likeness (QED) is 0.641. The standard InChI is InChI=1S/C22H21N3O3/c1-16(26)18-9-5-10-19(15-18)23-21(27)11-6-14-25-22(28)13-12-20(24-25)17-7-3-2-4-8-17/h2-5,7-10,12-13,15H,6,11,14H2,1H3,(H,23,27). The Morgan fingerprint density at radius 2 is 1.79 bits per heavy atom. The Morgan fingerprint density at radius 3 is 2.54 bits per heavy atom. The summed E-state index contributed by atoms with van der Waals surface area (Å²) in [5, 5.41) is 7.17. The number of nitrogens with zero attached hydrogens (tertiary/aromatic N) is 2. The van der Waals surface area contributed by atoms with Gasteiger partial charge in [0.2, 0.25) is 5.91 Å². The number of carbonyl (C=O) groups is 2. The summed E-state index contributed by atoms with van der Waals surface area (Å²) >= 11 is 0. The minimum absolute atomic E-state index is 0.0557. The van der Waals surface area contributed by atoms with Gasteiger partial charge in [0.25, 0.3) is 5.56 Å². The highest BCUT2D eigenvalue weighted by atomic mass is 16.2. The smallest absolute Gasteiger partial charge is 0.266 e. The molecule has 142 valence electrons. The van der Waals surface area contributed by atoms with Gasteiger partial charge in [0.05, 0.1) is 5.69 Å². The molecule has 0 bridgehead atoms. The predicted octanol–water partition coefficient (Wildman–Crippen LogP) is 3.53. The first kappa shape index (κ1) is 19.2. The third kappa shape index (κ3) is 5.01. The number of nitrogens with one attached hydrogen (secondary N) is 1. The zero-order chi connectivity index (χ0) is 19.9. The van der Waals surface area contributed by atoms with E-state index < -0.39 is 0 Å². The molecule has 6 heteroatoms. The van der Waals surface area contributed by atoms with E-state index in [1.54, 1.807) is 30.3 Å². The SMILES string of the molecule is CC(=O)c1cccc(NC(=O)CCCn2nc(-c3ccccc3)ccc2=O)c1. The Morgan fingerprint density at radius 1 is 1.00 bits per heavy atom. The third-order valence-electron chi connectivity index (χ3n) is 4.26. The Kier molecular flexibility index (Phi) is 6.11. The van der Waals surface area contributed by atoms with Gasteiger partial charge in [0.1, 0.15) is 0 Å². The predicted molar refractivity (Wildman–Crippen MR) is 108 cm³/mol. The van der Waals surface area contributed by atoms with Crippen LogP contribution in [0.1, 0.15) is 30.1 Å². The van der Waals surface area contributed by atoms with Crippen LogP contribution in [0.3, 0.4) is 0 Å². The van der Waals surface area contributed by atoms with Gasteiger partial charge in [-0.1, -0.05) is 42.5 Å². The zero-order valence-electron chi connectivity index (χ0n) is 15.6. The maximum atomic E-state index is 12.2. The number of aryl methyl sites for hydroxylation is 1. The van der Waals surface area contributed by atoms with E-state index in [-0.39, 0.29) is 23.7 Å². The Hall–Kier alpha value is -3.54. The molecule has 0 fully saturated rings. The van der Waals surface area contributed by atoms with Gasteiger partial charge >= 0.3 is 0 Å².